The Labute approximate surface area is 185 Å². The first-order chi connectivity index (χ1) is 15.5. The number of hydrogen-bond acceptors (Lipinski definition) is 5. The standard InChI is InChI=1S/C23H27FN4O4/c1-2-16-12-17(25-26-22(16)30)10-15-5-6-20(24)19(11-15)23(31)27-7-8-28(21(29)13-27)18-4-3-9-32-14-18/h5-6,11-12,18H,2-4,7-10,13-14H2,1H3,(H,26,30)/t18-/m0/s1. The molecule has 1 atom stereocenters. The van der Waals surface area contributed by atoms with Crippen LogP contribution in [0.3, 0.4) is 0 Å². The number of benzene rings is 1. The van der Waals surface area contributed by atoms with E-state index in [1.54, 1.807) is 17.0 Å². The summed E-state index contributed by atoms with van der Waals surface area (Å²) < 4.78 is 20.0. The first-order valence-corrected chi connectivity index (χ1v) is 11.0. The zero-order valence-electron chi connectivity index (χ0n) is 18.1. The van der Waals surface area contributed by atoms with Crippen molar-refractivity contribution in [2.75, 3.05) is 32.8 Å². The largest absolute Gasteiger partial charge is 0.379 e. The Hall–Kier alpha value is -3.07. The van der Waals surface area contributed by atoms with Crippen molar-refractivity contribution >= 4 is 11.8 Å². The summed E-state index contributed by atoms with van der Waals surface area (Å²) >= 11 is 0. The van der Waals surface area contributed by atoms with Crippen molar-refractivity contribution in [3.8, 4) is 0 Å². The predicted molar refractivity (Wildman–Crippen MR) is 115 cm³/mol. The molecule has 0 radical (unpaired) electrons. The number of halogens is 1. The maximum absolute atomic E-state index is 14.5. The minimum absolute atomic E-state index is 0.0476. The van der Waals surface area contributed by atoms with Crippen LogP contribution in [0.25, 0.3) is 0 Å². The fourth-order valence-corrected chi connectivity index (χ4v) is 4.29. The van der Waals surface area contributed by atoms with Gasteiger partial charge in [0.1, 0.15) is 12.4 Å². The molecule has 2 amide bonds. The zero-order valence-corrected chi connectivity index (χ0v) is 18.1. The van der Waals surface area contributed by atoms with Gasteiger partial charge in [-0.25, -0.2) is 9.49 Å². The molecule has 0 saturated carbocycles. The Morgan fingerprint density at radius 2 is 2.12 bits per heavy atom. The lowest BCUT2D eigenvalue weighted by Gasteiger charge is -2.40. The molecule has 0 spiro atoms. The highest BCUT2D eigenvalue weighted by Crippen LogP contribution is 2.20. The topological polar surface area (TPSA) is 95.6 Å². The number of carbonyl (C=O) groups excluding carboxylic acids is 2. The number of amides is 2. The van der Waals surface area contributed by atoms with Crippen molar-refractivity contribution in [2.45, 2.75) is 38.6 Å². The summed E-state index contributed by atoms with van der Waals surface area (Å²) in [7, 11) is 0. The van der Waals surface area contributed by atoms with Crippen LogP contribution in [0.2, 0.25) is 0 Å². The van der Waals surface area contributed by atoms with Gasteiger partial charge in [-0.3, -0.25) is 14.4 Å². The lowest BCUT2D eigenvalue weighted by Crippen LogP contribution is -2.57. The number of carbonyl (C=O) groups is 2. The van der Waals surface area contributed by atoms with E-state index in [4.69, 9.17) is 4.74 Å². The van der Waals surface area contributed by atoms with E-state index in [0.717, 1.165) is 12.8 Å². The van der Waals surface area contributed by atoms with Gasteiger partial charge in [0, 0.05) is 31.7 Å². The van der Waals surface area contributed by atoms with Gasteiger partial charge in [0.25, 0.3) is 11.5 Å². The van der Waals surface area contributed by atoms with E-state index in [1.807, 2.05) is 6.92 Å². The Morgan fingerprint density at radius 3 is 2.84 bits per heavy atom. The van der Waals surface area contributed by atoms with E-state index < -0.39 is 11.7 Å². The summed E-state index contributed by atoms with van der Waals surface area (Å²) in [5.74, 6) is -1.26. The van der Waals surface area contributed by atoms with Gasteiger partial charge in [0.2, 0.25) is 5.91 Å². The van der Waals surface area contributed by atoms with Gasteiger partial charge >= 0.3 is 0 Å². The summed E-state index contributed by atoms with van der Waals surface area (Å²) in [6.07, 6.45) is 2.73. The third kappa shape index (κ3) is 4.72. The van der Waals surface area contributed by atoms with Gasteiger partial charge in [-0.2, -0.15) is 5.10 Å². The summed E-state index contributed by atoms with van der Waals surface area (Å²) in [6.45, 7) is 3.82. The summed E-state index contributed by atoms with van der Waals surface area (Å²) in [6, 6.07) is 6.12. The van der Waals surface area contributed by atoms with E-state index in [0.29, 0.717) is 56.0 Å². The molecular weight excluding hydrogens is 415 g/mol. The minimum atomic E-state index is -0.627. The minimum Gasteiger partial charge on any atom is -0.379 e. The Bertz CT molecular complexity index is 1060. The molecule has 170 valence electrons. The molecule has 4 rings (SSSR count). The SMILES string of the molecule is CCc1cc(Cc2ccc(F)c(C(=O)N3CCN([C@H]4CCCOC4)C(=O)C3)c2)n[nH]c1=O. The Kier molecular flexibility index (Phi) is 6.64. The lowest BCUT2D eigenvalue weighted by molar-refractivity contribution is -0.140. The number of piperazine rings is 1. The molecule has 1 aromatic heterocycles. The van der Waals surface area contributed by atoms with Crippen LogP contribution in [-0.4, -0.2) is 70.7 Å². The van der Waals surface area contributed by atoms with E-state index in [9.17, 15) is 18.8 Å². The average molecular weight is 442 g/mol. The molecule has 2 aromatic rings. The lowest BCUT2D eigenvalue weighted by atomic mass is 10.0. The molecule has 0 aliphatic carbocycles. The van der Waals surface area contributed by atoms with Crippen LogP contribution in [0.1, 0.15) is 46.9 Å². The number of aromatic amines is 1. The number of aryl methyl sites for hydroxylation is 1. The summed E-state index contributed by atoms with van der Waals surface area (Å²) in [4.78, 5) is 40.6. The van der Waals surface area contributed by atoms with Crippen molar-refractivity contribution in [1.29, 1.82) is 0 Å². The smallest absolute Gasteiger partial charge is 0.267 e. The van der Waals surface area contributed by atoms with Crippen LogP contribution >= 0.6 is 0 Å². The second kappa shape index (κ2) is 9.60. The molecule has 0 unspecified atom stereocenters. The van der Waals surface area contributed by atoms with Crippen LogP contribution < -0.4 is 5.56 Å². The predicted octanol–water partition coefficient (Wildman–Crippen LogP) is 1.53. The first-order valence-electron chi connectivity index (χ1n) is 11.0. The molecule has 2 fully saturated rings. The maximum Gasteiger partial charge on any atom is 0.267 e. The average Bonchev–Trinajstić information content (AvgIpc) is 2.81. The van der Waals surface area contributed by atoms with Gasteiger partial charge < -0.3 is 14.5 Å². The van der Waals surface area contributed by atoms with E-state index in [-0.39, 0.29) is 29.6 Å². The molecular formula is C23H27FN4O4. The summed E-state index contributed by atoms with van der Waals surface area (Å²) in [5, 5.41) is 6.51. The molecule has 1 N–H and O–H groups in total. The molecule has 2 aliphatic heterocycles. The third-order valence-corrected chi connectivity index (χ3v) is 6.08. The summed E-state index contributed by atoms with van der Waals surface area (Å²) in [5.41, 5.74) is 1.65. The quantitative estimate of drug-likeness (QED) is 0.758. The highest BCUT2D eigenvalue weighted by atomic mass is 19.1. The van der Waals surface area contributed by atoms with Crippen LogP contribution in [0, 0.1) is 5.82 Å². The number of nitrogens with one attached hydrogen (secondary N) is 1. The van der Waals surface area contributed by atoms with Crippen molar-refractivity contribution in [3.63, 3.8) is 0 Å². The van der Waals surface area contributed by atoms with E-state index >= 15 is 0 Å². The molecule has 3 heterocycles. The van der Waals surface area contributed by atoms with E-state index in [2.05, 4.69) is 10.2 Å². The highest BCUT2D eigenvalue weighted by Gasteiger charge is 2.33. The fraction of sp³-hybridized carbons (Fsp3) is 0.478. The van der Waals surface area contributed by atoms with Crippen LogP contribution in [0.5, 0.6) is 0 Å². The second-order valence-electron chi connectivity index (χ2n) is 8.24. The van der Waals surface area contributed by atoms with Crippen molar-refractivity contribution in [3.05, 3.63) is 62.8 Å². The van der Waals surface area contributed by atoms with Crippen LogP contribution in [0.4, 0.5) is 4.39 Å². The van der Waals surface area contributed by atoms with Gasteiger partial charge in [0.05, 0.1) is 23.9 Å². The van der Waals surface area contributed by atoms with Gasteiger partial charge in [-0.05, 0) is 43.0 Å². The number of ether oxygens (including phenoxy) is 1. The second-order valence-corrected chi connectivity index (χ2v) is 8.24. The fourth-order valence-electron chi connectivity index (χ4n) is 4.29. The van der Waals surface area contributed by atoms with Crippen molar-refractivity contribution < 1.29 is 18.7 Å². The molecule has 2 saturated heterocycles. The van der Waals surface area contributed by atoms with Gasteiger partial charge in [-0.1, -0.05) is 13.0 Å². The van der Waals surface area contributed by atoms with Crippen molar-refractivity contribution in [1.82, 2.24) is 20.0 Å². The molecule has 1 aromatic carbocycles. The molecule has 32 heavy (non-hydrogen) atoms. The third-order valence-electron chi connectivity index (χ3n) is 6.08. The molecule has 8 nitrogen and oxygen atoms in total. The zero-order chi connectivity index (χ0) is 22.7. The molecule has 2 aliphatic rings. The number of nitrogens with zero attached hydrogens (tertiary/aromatic N) is 3. The first kappa shape index (κ1) is 22.1. The Balaban J connectivity index is 1.47. The highest BCUT2D eigenvalue weighted by molar-refractivity contribution is 5.97. The maximum atomic E-state index is 14.5. The molecule has 0 bridgehead atoms. The monoisotopic (exact) mass is 442 g/mol. The number of hydrogen-bond donors (Lipinski definition) is 1. The normalized spacial score (nSPS) is 19.3. The molecule has 9 heteroatoms. The van der Waals surface area contributed by atoms with Crippen LogP contribution in [-0.2, 0) is 22.4 Å². The Morgan fingerprint density at radius 1 is 1.28 bits per heavy atom. The number of aromatic nitrogens is 2. The van der Waals surface area contributed by atoms with Gasteiger partial charge in [0.15, 0.2) is 0 Å². The van der Waals surface area contributed by atoms with Crippen molar-refractivity contribution in [2.24, 2.45) is 0 Å². The van der Waals surface area contributed by atoms with Gasteiger partial charge in [-0.15, -0.1) is 0 Å². The number of rotatable bonds is 5. The van der Waals surface area contributed by atoms with E-state index in [1.165, 1.54) is 17.0 Å². The van der Waals surface area contributed by atoms with Crippen LogP contribution in [0.15, 0.2) is 29.1 Å². The number of H-pyrrole nitrogens is 1.